The van der Waals surface area contributed by atoms with Gasteiger partial charge in [-0.2, -0.15) is 0 Å². The van der Waals surface area contributed by atoms with E-state index in [0.29, 0.717) is 5.56 Å². The molecule has 5 heteroatoms. The van der Waals surface area contributed by atoms with Crippen molar-refractivity contribution in [2.45, 2.75) is 26.2 Å². The molecule has 0 atom stereocenters. The lowest BCUT2D eigenvalue weighted by Gasteiger charge is -2.15. The average Bonchev–Trinajstić information content (AvgIpc) is 3.09. The molecule has 1 amide bonds. The largest absolute Gasteiger partial charge is 0.370 e. The van der Waals surface area contributed by atoms with Gasteiger partial charge in [-0.05, 0) is 44.0 Å². The van der Waals surface area contributed by atoms with E-state index in [-0.39, 0.29) is 5.91 Å². The minimum atomic E-state index is 0.105. The molecule has 2 aromatic rings. The standard InChI is InChI=1S/C18H22N4O/c1-14-5-4-6-16(21-14)8-10-20-17-13-15(7-9-19-17)18(23)22-11-2-3-12-22/h4-7,9,13H,2-3,8,10-12H2,1H3,(H,19,20). The summed E-state index contributed by atoms with van der Waals surface area (Å²) in [6.45, 7) is 4.46. The molecule has 23 heavy (non-hydrogen) atoms. The molecule has 3 rings (SSSR count). The summed E-state index contributed by atoms with van der Waals surface area (Å²) in [5, 5.41) is 3.28. The van der Waals surface area contributed by atoms with Crippen molar-refractivity contribution in [2.24, 2.45) is 0 Å². The van der Waals surface area contributed by atoms with Crippen molar-refractivity contribution in [3.05, 3.63) is 53.5 Å². The fourth-order valence-electron chi connectivity index (χ4n) is 2.82. The van der Waals surface area contributed by atoms with Crippen LogP contribution in [0.4, 0.5) is 5.82 Å². The van der Waals surface area contributed by atoms with Gasteiger partial charge in [-0.1, -0.05) is 6.07 Å². The Bertz CT molecular complexity index is 680. The van der Waals surface area contributed by atoms with Gasteiger partial charge < -0.3 is 10.2 Å². The minimum Gasteiger partial charge on any atom is -0.370 e. The van der Waals surface area contributed by atoms with Gasteiger partial charge in [-0.3, -0.25) is 9.78 Å². The lowest BCUT2D eigenvalue weighted by Crippen LogP contribution is -2.27. The van der Waals surface area contributed by atoms with E-state index in [9.17, 15) is 4.79 Å². The number of anilines is 1. The molecule has 120 valence electrons. The molecule has 0 aliphatic carbocycles. The monoisotopic (exact) mass is 310 g/mol. The molecule has 0 spiro atoms. The molecule has 1 fully saturated rings. The molecule has 0 radical (unpaired) electrons. The molecular formula is C18H22N4O. The summed E-state index contributed by atoms with van der Waals surface area (Å²) in [4.78, 5) is 23.1. The van der Waals surface area contributed by atoms with Gasteiger partial charge in [0.15, 0.2) is 0 Å². The number of amides is 1. The van der Waals surface area contributed by atoms with Crippen LogP contribution in [0, 0.1) is 6.92 Å². The number of aromatic nitrogens is 2. The van der Waals surface area contributed by atoms with E-state index in [2.05, 4.69) is 15.3 Å². The Morgan fingerprint density at radius 3 is 2.87 bits per heavy atom. The summed E-state index contributed by atoms with van der Waals surface area (Å²) in [7, 11) is 0. The fourth-order valence-corrected chi connectivity index (χ4v) is 2.82. The number of aryl methyl sites for hydroxylation is 1. The van der Waals surface area contributed by atoms with Crippen LogP contribution in [-0.2, 0) is 6.42 Å². The Labute approximate surface area is 136 Å². The maximum atomic E-state index is 12.4. The van der Waals surface area contributed by atoms with Crippen molar-refractivity contribution in [1.82, 2.24) is 14.9 Å². The predicted octanol–water partition coefficient (Wildman–Crippen LogP) is 2.68. The molecule has 1 N–H and O–H groups in total. The van der Waals surface area contributed by atoms with Crippen LogP contribution in [0.2, 0.25) is 0 Å². The number of rotatable bonds is 5. The zero-order chi connectivity index (χ0) is 16.1. The number of carbonyl (C=O) groups excluding carboxylic acids is 1. The van der Waals surface area contributed by atoms with Gasteiger partial charge in [0, 0.05) is 49.2 Å². The number of hydrogen-bond donors (Lipinski definition) is 1. The number of likely N-dealkylation sites (tertiary alicyclic amines) is 1. The Balaban J connectivity index is 1.58. The van der Waals surface area contributed by atoms with Gasteiger partial charge in [-0.15, -0.1) is 0 Å². The van der Waals surface area contributed by atoms with Gasteiger partial charge >= 0.3 is 0 Å². The van der Waals surface area contributed by atoms with Crippen LogP contribution < -0.4 is 5.32 Å². The third-order valence-electron chi connectivity index (χ3n) is 4.03. The third kappa shape index (κ3) is 4.06. The van der Waals surface area contributed by atoms with E-state index in [4.69, 9.17) is 0 Å². The van der Waals surface area contributed by atoms with Crippen LogP contribution in [0.25, 0.3) is 0 Å². The summed E-state index contributed by atoms with van der Waals surface area (Å²) >= 11 is 0. The molecule has 0 aromatic carbocycles. The van der Waals surface area contributed by atoms with Gasteiger partial charge in [0.1, 0.15) is 5.82 Å². The highest BCUT2D eigenvalue weighted by Crippen LogP contribution is 2.14. The van der Waals surface area contributed by atoms with E-state index < -0.39 is 0 Å². The summed E-state index contributed by atoms with van der Waals surface area (Å²) < 4.78 is 0. The third-order valence-corrected chi connectivity index (χ3v) is 4.03. The lowest BCUT2D eigenvalue weighted by molar-refractivity contribution is 0.0793. The van der Waals surface area contributed by atoms with Gasteiger partial charge in [0.2, 0.25) is 0 Å². The van der Waals surface area contributed by atoms with Crippen molar-refractivity contribution in [2.75, 3.05) is 25.0 Å². The van der Waals surface area contributed by atoms with Crippen molar-refractivity contribution in [3.63, 3.8) is 0 Å². The first-order valence-electron chi connectivity index (χ1n) is 8.14. The topological polar surface area (TPSA) is 58.1 Å². The number of hydrogen-bond acceptors (Lipinski definition) is 4. The van der Waals surface area contributed by atoms with Crippen molar-refractivity contribution < 1.29 is 4.79 Å². The van der Waals surface area contributed by atoms with Crippen LogP contribution in [0.3, 0.4) is 0 Å². The smallest absolute Gasteiger partial charge is 0.254 e. The fraction of sp³-hybridized carbons (Fsp3) is 0.389. The van der Waals surface area contributed by atoms with Crippen LogP contribution >= 0.6 is 0 Å². The minimum absolute atomic E-state index is 0.105. The van der Waals surface area contributed by atoms with Crippen molar-refractivity contribution in [1.29, 1.82) is 0 Å². The molecule has 5 nitrogen and oxygen atoms in total. The second kappa shape index (κ2) is 7.22. The molecule has 2 aromatic heterocycles. The number of pyridine rings is 2. The van der Waals surface area contributed by atoms with Crippen LogP contribution in [0.15, 0.2) is 36.5 Å². The average molecular weight is 310 g/mol. The van der Waals surface area contributed by atoms with E-state index in [0.717, 1.165) is 56.1 Å². The van der Waals surface area contributed by atoms with Gasteiger partial charge in [0.05, 0.1) is 0 Å². The maximum Gasteiger partial charge on any atom is 0.254 e. The summed E-state index contributed by atoms with van der Waals surface area (Å²) in [6.07, 6.45) is 4.72. The molecule has 0 bridgehead atoms. The summed E-state index contributed by atoms with van der Waals surface area (Å²) in [6, 6.07) is 9.66. The highest BCUT2D eigenvalue weighted by atomic mass is 16.2. The Morgan fingerprint density at radius 1 is 1.26 bits per heavy atom. The van der Waals surface area contributed by atoms with Crippen LogP contribution in [0.1, 0.15) is 34.6 Å². The molecule has 1 saturated heterocycles. The van der Waals surface area contributed by atoms with E-state index in [1.165, 1.54) is 0 Å². The number of nitrogens with one attached hydrogen (secondary N) is 1. The Kier molecular flexibility index (Phi) is 4.86. The van der Waals surface area contributed by atoms with Crippen molar-refractivity contribution >= 4 is 11.7 Å². The first-order valence-corrected chi connectivity index (χ1v) is 8.14. The zero-order valence-electron chi connectivity index (χ0n) is 13.5. The van der Waals surface area contributed by atoms with Crippen LogP contribution in [-0.4, -0.2) is 40.4 Å². The summed E-state index contributed by atoms with van der Waals surface area (Å²) in [5.74, 6) is 0.844. The Morgan fingerprint density at radius 2 is 2.09 bits per heavy atom. The van der Waals surface area contributed by atoms with E-state index in [1.807, 2.05) is 36.1 Å². The van der Waals surface area contributed by atoms with E-state index >= 15 is 0 Å². The first kappa shape index (κ1) is 15.5. The highest BCUT2D eigenvalue weighted by Gasteiger charge is 2.19. The maximum absolute atomic E-state index is 12.4. The van der Waals surface area contributed by atoms with E-state index in [1.54, 1.807) is 12.3 Å². The highest BCUT2D eigenvalue weighted by molar-refractivity contribution is 5.95. The van der Waals surface area contributed by atoms with Crippen LogP contribution in [0.5, 0.6) is 0 Å². The lowest BCUT2D eigenvalue weighted by atomic mass is 10.2. The second-order valence-corrected chi connectivity index (χ2v) is 5.88. The second-order valence-electron chi connectivity index (χ2n) is 5.88. The summed E-state index contributed by atoms with van der Waals surface area (Å²) in [5.41, 5.74) is 2.79. The van der Waals surface area contributed by atoms with Gasteiger partial charge in [-0.25, -0.2) is 4.98 Å². The first-order chi connectivity index (χ1) is 11.2. The predicted molar refractivity (Wildman–Crippen MR) is 90.5 cm³/mol. The zero-order valence-corrected chi connectivity index (χ0v) is 13.5. The molecule has 3 heterocycles. The molecule has 0 saturated carbocycles. The molecular weight excluding hydrogens is 288 g/mol. The molecule has 1 aliphatic heterocycles. The Hall–Kier alpha value is -2.43. The normalized spacial score (nSPS) is 14.0. The SMILES string of the molecule is Cc1cccc(CCNc2cc(C(=O)N3CCCC3)ccn2)n1. The number of carbonyl (C=O) groups is 1. The quantitative estimate of drug-likeness (QED) is 0.922. The molecule has 0 unspecified atom stereocenters. The number of nitrogens with zero attached hydrogens (tertiary/aromatic N) is 3. The van der Waals surface area contributed by atoms with Crippen molar-refractivity contribution in [3.8, 4) is 0 Å². The van der Waals surface area contributed by atoms with Gasteiger partial charge in [0.25, 0.3) is 5.91 Å². The molecule has 1 aliphatic rings.